The van der Waals surface area contributed by atoms with Gasteiger partial charge in [0.15, 0.2) is 0 Å². The Labute approximate surface area is 126 Å². The molecule has 0 aliphatic carbocycles. The van der Waals surface area contributed by atoms with Crippen LogP contribution in [0.2, 0.25) is 5.02 Å². The van der Waals surface area contributed by atoms with Gasteiger partial charge in [0.1, 0.15) is 31.0 Å². The van der Waals surface area contributed by atoms with Crippen molar-refractivity contribution in [3.05, 3.63) is 29.3 Å². The highest BCUT2D eigenvalue weighted by Gasteiger charge is 2.24. The van der Waals surface area contributed by atoms with E-state index >= 15 is 0 Å². The van der Waals surface area contributed by atoms with Crippen molar-refractivity contribution in [2.45, 2.75) is 38.9 Å². The van der Waals surface area contributed by atoms with Crippen molar-refractivity contribution in [3.8, 4) is 5.75 Å². The van der Waals surface area contributed by atoms with Crippen molar-refractivity contribution in [2.24, 2.45) is 0 Å². The molecule has 1 heterocycles. The van der Waals surface area contributed by atoms with Crippen molar-refractivity contribution < 1.29 is 14.4 Å². The number of unbranched alkanes of at least 4 members (excludes halogenated alkanes) is 1. The number of rotatable bonds is 6. The monoisotopic (exact) mass is 298 g/mol. The van der Waals surface area contributed by atoms with Gasteiger partial charge in [0, 0.05) is 5.02 Å². The van der Waals surface area contributed by atoms with Crippen molar-refractivity contribution in [3.63, 3.8) is 0 Å². The summed E-state index contributed by atoms with van der Waals surface area (Å²) in [4.78, 5) is 1.66. The van der Waals surface area contributed by atoms with Crippen LogP contribution in [0.4, 0.5) is 0 Å². The van der Waals surface area contributed by atoms with Gasteiger partial charge in [0.25, 0.3) is 0 Å². The molecule has 0 saturated carbocycles. The summed E-state index contributed by atoms with van der Waals surface area (Å²) in [5.41, 5.74) is 0. The van der Waals surface area contributed by atoms with Gasteiger partial charge in [0.05, 0.1) is 13.2 Å². The molecule has 0 unspecified atom stereocenters. The molecule has 0 radical (unpaired) electrons. The highest BCUT2D eigenvalue weighted by atomic mass is 35.5. The fraction of sp³-hybridized carbons (Fsp3) is 0.625. The van der Waals surface area contributed by atoms with Crippen LogP contribution in [0.1, 0.15) is 26.7 Å². The SMILES string of the molecule is C[C@@H]1C[NH+](CCCCOc2ccc(Cl)cc2)C[C@@H](C)O1. The molecule has 20 heavy (non-hydrogen) atoms. The average molecular weight is 299 g/mol. The lowest BCUT2D eigenvalue weighted by Crippen LogP contribution is -3.15. The molecule has 1 fully saturated rings. The van der Waals surface area contributed by atoms with Crippen LogP contribution in [0, 0.1) is 0 Å². The van der Waals surface area contributed by atoms with E-state index in [-0.39, 0.29) is 0 Å². The zero-order chi connectivity index (χ0) is 14.4. The minimum atomic E-state index is 0.388. The number of quaternary nitrogens is 1. The minimum Gasteiger partial charge on any atom is -0.494 e. The van der Waals surface area contributed by atoms with Gasteiger partial charge < -0.3 is 14.4 Å². The van der Waals surface area contributed by atoms with Crippen LogP contribution in [-0.4, -0.2) is 38.4 Å². The maximum Gasteiger partial charge on any atom is 0.119 e. The van der Waals surface area contributed by atoms with Crippen LogP contribution in [0.5, 0.6) is 5.75 Å². The van der Waals surface area contributed by atoms with Crippen LogP contribution >= 0.6 is 11.6 Å². The Hall–Kier alpha value is -0.770. The van der Waals surface area contributed by atoms with Crippen LogP contribution in [0.15, 0.2) is 24.3 Å². The topological polar surface area (TPSA) is 22.9 Å². The third-order valence-electron chi connectivity index (χ3n) is 3.62. The second-order valence-corrected chi connectivity index (χ2v) is 6.11. The first-order valence-electron chi connectivity index (χ1n) is 7.51. The molecule has 1 N–H and O–H groups in total. The number of hydrogen-bond donors (Lipinski definition) is 1. The standard InChI is InChI=1S/C16H24ClNO2/c1-13-11-18(12-14(2)20-13)9-3-4-10-19-16-7-5-15(17)6-8-16/h5-8,13-14H,3-4,9-12H2,1-2H3/p+1/t13-,14-/m1/s1. The quantitative estimate of drug-likeness (QED) is 0.814. The molecule has 1 aromatic rings. The number of morpholine rings is 1. The predicted octanol–water partition coefficient (Wildman–Crippen LogP) is 2.19. The van der Waals surface area contributed by atoms with Gasteiger partial charge in [-0.15, -0.1) is 0 Å². The molecule has 112 valence electrons. The first-order valence-corrected chi connectivity index (χ1v) is 7.88. The molecule has 2 atom stereocenters. The van der Waals surface area contributed by atoms with E-state index in [9.17, 15) is 0 Å². The van der Waals surface area contributed by atoms with E-state index in [1.165, 1.54) is 13.0 Å². The van der Waals surface area contributed by atoms with Gasteiger partial charge in [0.2, 0.25) is 0 Å². The lowest BCUT2D eigenvalue weighted by Gasteiger charge is -2.32. The summed E-state index contributed by atoms with van der Waals surface area (Å²) in [7, 11) is 0. The Morgan fingerprint density at radius 1 is 1.15 bits per heavy atom. The molecule has 1 aliphatic rings. The zero-order valence-electron chi connectivity index (χ0n) is 12.4. The minimum absolute atomic E-state index is 0.388. The molecule has 0 amide bonds. The summed E-state index contributed by atoms with van der Waals surface area (Å²) < 4.78 is 11.5. The number of hydrogen-bond acceptors (Lipinski definition) is 2. The molecular formula is C16H25ClNO2+. The largest absolute Gasteiger partial charge is 0.494 e. The van der Waals surface area contributed by atoms with Crippen molar-refractivity contribution in [2.75, 3.05) is 26.2 Å². The molecule has 2 rings (SSSR count). The fourth-order valence-electron chi connectivity index (χ4n) is 2.79. The number of benzene rings is 1. The summed E-state index contributed by atoms with van der Waals surface area (Å²) in [6.45, 7) is 8.57. The van der Waals surface area contributed by atoms with Crippen LogP contribution in [0.3, 0.4) is 0 Å². The number of ether oxygens (including phenoxy) is 2. The van der Waals surface area contributed by atoms with E-state index in [0.717, 1.165) is 36.9 Å². The summed E-state index contributed by atoms with van der Waals surface area (Å²) in [5, 5.41) is 0.747. The smallest absolute Gasteiger partial charge is 0.119 e. The van der Waals surface area contributed by atoms with Gasteiger partial charge >= 0.3 is 0 Å². The first kappa shape index (κ1) is 15.6. The van der Waals surface area contributed by atoms with E-state index in [2.05, 4.69) is 13.8 Å². The van der Waals surface area contributed by atoms with Gasteiger partial charge in [-0.2, -0.15) is 0 Å². The second-order valence-electron chi connectivity index (χ2n) is 5.68. The molecule has 0 bridgehead atoms. The maximum absolute atomic E-state index is 5.84. The van der Waals surface area contributed by atoms with Gasteiger partial charge in [-0.3, -0.25) is 0 Å². The van der Waals surface area contributed by atoms with E-state index < -0.39 is 0 Å². The molecule has 4 heteroatoms. The highest BCUT2D eigenvalue weighted by molar-refractivity contribution is 6.30. The normalized spacial score (nSPS) is 26.4. The van der Waals surface area contributed by atoms with Gasteiger partial charge in [-0.25, -0.2) is 0 Å². The fourth-order valence-corrected chi connectivity index (χ4v) is 2.92. The molecule has 3 nitrogen and oxygen atoms in total. The van der Waals surface area contributed by atoms with Crippen LogP contribution < -0.4 is 9.64 Å². The van der Waals surface area contributed by atoms with Crippen molar-refractivity contribution in [1.29, 1.82) is 0 Å². The molecule has 1 saturated heterocycles. The Balaban J connectivity index is 1.58. The Morgan fingerprint density at radius 3 is 2.45 bits per heavy atom. The lowest BCUT2D eigenvalue weighted by molar-refractivity contribution is -0.915. The highest BCUT2D eigenvalue weighted by Crippen LogP contribution is 2.15. The van der Waals surface area contributed by atoms with E-state index in [0.29, 0.717) is 12.2 Å². The van der Waals surface area contributed by atoms with Gasteiger partial charge in [-0.05, 0) is 51.0 Å². The zero-order valence-corrected chi connectivity index (χ0v) is 13.2. The second kappa shape index (κ2) is 7.87. The van der Waals surface area contributed by atoms with E-state index in [4.69, 9.17) is 21.1 Å². The third kappa shape index (κ3) is 5.31. The Morgan fingerprint density at radius 2 is 1.80 bits per heavy atom. The summed E-state index contributed by atoms with van der Waals surface area (Å²) >= 11 is 5.84. The lowest BCUT2D eigenvalue weighted by atomic mass is 10.2. The first-order chi connectivity index (χ1) is 9.63. The molecule has 0 aromatic heterocycles. The molecular weight excluding hydrogens is 274 g/mol. The van der Waals surface area contributed by atoms with E-state index in [1.807, 2.05) is 24.3 Å². The molecule has 1 aliphatic heterocycles. The summed E-state index contributed by atoms with van der Waals surface area (Å²) in [5.74, 6) is 0.898. The summed E-state index contributed by atoms with van der Waals surface area (Å²) in [6.07, 6.45) is 3.07. The van der Waals surface area contributed by atoms with Crippen LogP contribution in [-0.2, 0) is 4.74 Å². The molecule has 1 aromatic carbocycles. The summed E-state index contributed by atoms with van der Waals surface area (Å²) in [6, 6.07) is 7.55. The number of halogens is 1. The Kier molecular flexibility index (Phi) is 6.14. The average Bonchev–Trinajstić information content (AvgIpc) is 2.39. The van der Waals surface area contributed by atoms with Crippen LogP contribution in [0.25, 0.3) is 0 Å². The van der Waals surface area contributed by atoms with Crippen molar-refractivity contribution >= 4 is 11.6 Å². The third-order valence-corrected chi connectivity index (χ3v) is 3.88. The number of nitrogens with one attached hydrogen (secondary N) is 1. The van der Waals surface area contributed by atoms with Crippen molar-refractivity contribution in [1.82, 2.24) is 0 Å². The maximum atomic E-state index is 5.84. The van der Waals surface area contributed by atoms with Gasteiger partial charge in [-0.1, -0.05) is 11.6 Å². The predicted molar refractivity (Wildman–Crippen MR) is 81.8 cm³/mol. The Bertz CT molecular complexity index is 386. The van der Waals surface area contributed by atoms with E-state index in [1.54, 1.807) is 4.90 Å². The molecule has 0 spiro atoms.